The van der Waals surface area contributed by atoms with Crippen molar-refractivity contribution in [3.8, 4) is 0 Å². The van der Waals surface area contributed by atoms with Gasteiger partial charge in [0.15, 0.2) is 0 Å². The third kappa shape index (κ3) is 5.78. The largest absolute Gasteiger partial charge is 0.312 e. The molecule has 0 aromatic heterocycles. The molecule has 1 aromatic carbocycles. The summed E-state index contributed by atoms with van der Waals surface area (Å²) in [5.41, 5.74) is 4.83. The summed E-state index contributed by atoms with van der Waals surface area (Å²) in [6.07, 6.45) is 2.37. The maximum atomic E-state index is 3.56. The average Bonchev–Trinajstić information content (AvgIpc) is 2.23. The molecule has 19 heavy (non-hydrogen) atoms. The number of hydrogen-bond donors (Lipinski definition) is 1. The molecule has 0 fully saturated rings. The lowest BCUT2D eigenvalue weighted by molar-refractivity contribution is 0.422. The zero-order valence-electron chi connectivity index (χ0n) is 13.9. The molecule has 108 valence electrons. The summed E-state index contributed by atoms with van der Waals surface area (Å²) in [4.78, 5) is 0. The van der Waals surface area contributed by atoms with Crippen LogP contribution in [0.1, 0.15) is 64.7 Å². The van der Waals surface area contributed by atoms with Crippen molar-refractivity contribution in [3.63, 3.8) is 0 Å². The Bertz CT molecular complexity index is 405. The lowest BCUT2D eigenvalue weighted by Crippen LogP contribution is -2.36. The van der Waals surface area contributed by atoms with Crippen molar-refractivity contribution in [2.75, 3.05) is 6.54 Å². The highest BCUT2D eigenvalue weighted by atomic mass is 14.9. The zero-order valence-corrected chi connectivity index (χ0v) is 13.9. The second-order valence-electron chi connectivity index (χ2n) is 7.67. The van der Waals surface area contributed by atoms with Gasteiger partial charge in [-0.25, -0.2) is 0 Å². The van der Waals surface area contributed by atoms with Crippen LogP contribution in [0.3, 0.4) is 0 Å². The normalized spacial score (nSPS) is 12.8. The fourth-order valence-corrected chi connectivity index (χ4v) is 2.15. The van der Waals surface area contributed by atoms with Crippen LogP contribution in [0.25, 0.3) is 0 Å². The van der Waals surface area contributed by atoms with Crippen LogP contribution >= 0.6 is 0 Å². The van der Waals surface area contributed by atoms with Gasteiger partial charge < -0.3 is 5.32 Å². The van der Waals surface area contributed by atoms with Gasteiger partial charge in [0, 0.05) is 5.54 Å². The van der Waals surface area contributed by atoms with Crippen LogP contribution in [0.2, 0.25) is 0 Å². The van der Waals surface area contributed by atoms with E-state index < -0.39 is 0 Å². The molecule has 0 amide bonds. The molecule has 0 bridgehead atoms. The van der Waals surface area contributed by atoms with Crippen LogP contribution in [0.15, 0.2) is 18.2 Å². The highest BCUT2D eigenvalue weighted by Crippen LogP contribution is 2.25. The summed E-state index contributed by atoms with van der Waals surface area (Å²) < 4.78 is 0. The van der Waals surface area contributed by atoms with E-state index in [1.807, 2.05) is 0 Å². The van der Waals surface area contributed by atoms with Gasteiger partial charge in [-0.3, -0.25) is 0 Å². The molecule has 0 atom stereocenters. The smallest absolute Gasteiger partial charge is 0.00965 e. The van der Waals surface area contributed by atoms with Crippen molar-refractivity contribution in [1.29, 1.82) is 0 Å². The molecule has 0 radical (unpaired) electrons. The van der Waals surface area contributed by atoms with E-state index in [0.29, 0.717) is 0 Å². The van der Waals surface area contributed by atoms with Crippen LogP contribution in [0.4, 0.5) is 0 Å². The summed E-state index contributed by atoms with van der Waals surface area (Å²) in [6.45, 7) is 16.8. The molecule has 0 saturated carbocycles. The summed E-state index contributed by atoms with van der Waals surface area (Å²) in [7, 11) is 0. The molecule has 0 aliphatic rings. The average molecular weight is 261 g/mol. The van der Waals surface area contributed by atoms with Gasteiger partial charge in [0.25, 0.3) is 0 Å². The molecule has 0 spiro atoms. The highest BCUT2D eigenvalue weighted by molar-refractivity contribution is 5.34. The minimum atomic E-state index is 0.225. The molecular formula is C18H31N. The molecule has 0 heterocycles. The second-order valence-corrected chi connectivity index (χ2v) is 7.67. The first kappa shape index (κ1) is 16.2. The van der Waals surface area contributed by atoms with Crippen molar-refractivity contribution >= 4 is 0 Å². The maximum Gasteiger partial charge on any atom is 0.00965 e. The Labute approximate surface area is 119 Å². The Kier molecular flexibility index (Phi) is 5.20. The van der Waals surface area contributed by atoms with Crippen LogP contribution in [0, 0.1) is 6.92 Å². The fourth-order valence-electron chi connectivity index (χ4n) is 2.15. The molecule has 0 aliphatic carbocycles. The highest BCUT2D eigenvalue weighted by Gasteiger charge is 2.14. The molecule has 1 heteroatoms. The van der Waals surface area contributed by atoms with Crippen molar-refractivity contribution in [2.24, 2.45) is 0 Å². The van der Waals surface area contributed by atoms with Crippen LogP contribution in [-0.4, -0.2) is 12.1 Å². The third-order valence-electron chi connectivity index (χ3n) is 3.49. The maximum absolute atomic E-state index is 3.56. The quantitative estimate of drug-likeness (QED) is 0.780. The first-order chi connectivity index (χ1) is 8.59. The van der Waals surface area contributed by atoms with Gasteiger partial charge in [0.2, 0.25) is 0 Å². The van der Waals surface area contributed by atoms with E-state index in [9.17, 15) is 0 Å². The topological polar surface area (TPSA) is 12.0 Å². The van der Waals surface area contributed by atoms with Gasteiger partial charge >= 0.3 is 0 Å². The number of nitrogens with one attached hydrogen (secondary N) is 1. The minimum Gasteiger partial charge on any atom is -0.312 e. The summed E-state index contributed by atoms with van der Waals surface area (Å²) in [5, 5.41) is 3.56. The van der Waals surface area contributed by atoms with Crippen molar-refractivity contribution in [1.82, 2.24) is 5.32 Å². The number of benzene rings is 1. The van der Waals surface area contributed by atoms with E-state index in [-0.39, 0.29) is 11.0 Å². The third-order valence-corrected chi connectivity index (χ3v) is 3.49. The number of rotatable bonds is 4. The fraction of sp³-hybridized carbons (Fsp3) is 0.667. The van der Waals surface area contributed by atoms with E-state index >= 15 is 0 Å². The van der Waals surface area contributed by atoms with Gasteiger partial charge in [0.05, 0.1) is 0 Å². The van der Waals surface area contributed by atoms with Crippen LogP contribution < -0.4 is 5.32 Å². The van der Waals surface area contributed by atoms with E-state index in [1.54, 1.807) is 0 Å². The van der Waals surface area contributed by atoms with Crippen LogP contribution in [-0.2, 0) is 11.8 Å². The molecular weight excluding hydrogens is 230 g/mol. The number of aryl methyl sites for hydroxylation is 2. The monoisotopic (exact) mass is 261 g/mol. The van der Waals surface area contributed by atoms with Crippen molar-refractivity contribution < 1.29 is 0 Å². The van der Waals surface area contributed by atoms with Gasteiger partial charge in [-0.2, -0.15) is 0 Å². The van der Waals surface area contributed by atoms with Gasteiger partial charge in [-0.15, -0.1) is 0 Å². The molecule has 1 rings (SSSR count). The molecule has 1 N–H and O–H groups in total. The van der Waals surface area contributed by atoms with Gasteiger partial charge in [-0.1, -0.05) is 39.0 Å². The van der Waals surface area contributed by atoms with Gasteiger partial charge in [0.1, 0.15) is 0 Å². The van der Waals surface area contributed by atoms with E-state index in [4.69, 9.17) is 0 Å². The standard InChI is InChI=1S/C18H31N/c1-14-10-11-16(17(2,3)4)13-15(14)9-8-12-19-18(5,6)7/h10-11,13,19H,8-9,12H2,1-7H3. The van der Waals surface area contributed by atoms with Crippen molar-refractivity contribution in [2.45, 2.75) is 72.3 Å². The molecule has 1 nitrogen and oxygen atoms in total. The van der Waals surface area contributed by atoms with Crippen LogP contribution in [0.5, 0.6) is 0 Å². The van der Waals surface area contributed by atoms with E-state index in [2.05, 4.69) is 72.0 Å². The minimum absolute atomic E-state index is 0.225. The molecule has 0 unspecified atom stereocenters. The Morgan fingerprint density at radius 2 is 1.63 bits per heavy atom. The van der Waals surface area contributed by atoms with E-state index in [0.717, 1.165) is 6.54 Å². The van der Waals surface area contributed by atoms with Gasteiger partial charge in [-0.05, 0) is 69.2 Å². The predicted molar refractivity (Wildman–Crippen MR) is 86.0 cm³/mol. The molecule has 0 saturated heterocycles. The predicted octanol–water partition coefficient (Wildman–Crippen LogP) is 4.61. The lowest BCUT2D eigenvalue weighted by Gasteiger charge is -2.22. The van der Waals surface area contributed by atoms with E-state index in [1.165, 1.54) is 29.5 Å². The lowest BCUT2D eigenvalue weighted by atomic mass is 9.85. The second kappa shape index (κ2) is 6.09. The Hall–Kier alpha value is -0.820. The first-order valence-electron chi connectivity index (χ1n) is 7.45. The summed E-state index contributed by atoms with van der Waals surface area (Å²) in [6, 6.07) is 6.94. The summed E-state index contributed by atoms with van der Waals surface area (Å²) >= 11 is 0. The summed E-state index contributed by atoms with van der Waals surface area (Å²) in [5.74, 6) is 0. The zero-order chi connectivity index (χ0) is 14.7. The Balaban J connectivity index is 2.63. The van der Waals surface area contributed by atoms with Crippen molar-refractivity contribution in [3.05, 3.63) is 34.9 Å². The molecule has 0 aliphatic heterocycles. The Morgan fingerprint density at radius 1 is 1.00 bits per heavy atom. The molecule has 1 aromatic rings. The first-order valence-corrected chi connectivity index (χ1v) is 7.45. The number of hydrogen-bond acceptors (Lipinski definition) is 1. The Morgan fingerprint density at radius 3 is 2.16 bits per heavy atom. The SMILES string of the molecule is Cc1ccc(C(C)(C)C)cc1CCCNC(C)(C)C.